The fourth-order valence-corrected chi connectivity index (χ4v) is 1.51. The van der Waals surface area contributed by atoms with Crippen LogP contribution in [-0.2, 0) is 16.1 Å². The van der Waals surface area contributed by atoms with Crippen molar-refractivity contribution in [2.75, 3.05) is 6.61 Å². The minimum absolute atomic E-state index is 0.0253. The lowest BCUT2D eigenvalue weighted by Gasteiger charge is -2.11. The number of hydrogen-bond donors (Lipinski definition) is 0. The quantitative estimate of drug-likeness (QED) is 0.718. The zero-order valence-electron chi connectivity index (χ0n) is 8.30. The van der Waals surface area contributed by atoms with Gasteiger partial charge in [-0.15, -0.1) is 0 Å². The molecule has 0 aromatic heterocycles. The van der Waals surface area contributed by atoms with Crippen LogP contribution < -0.4 is 0 Å². The predicted molar refractivity (Wildman–Crippen MR) is 59.8 cm³/mol. The van der Waals surface area contributed by atoms with E-state index in [-0.39, 0.29) is 12.2 Å². The van der Waals surface area contributed by atoms with Gasteiger partial charge in [-0.3, -0.25) is 0 Å². The van der Waals surface area contributed by atoms with Crippen LogP contribution in [0.1, 0.15) is 5.56 Å². The van der Waals surface area contributed by atoms with Gasteiger partial charge in [0.1, 0.15) is 12.2 Å². The van der Waals surface area contributed by atoms with E-state index in [1.54, 1.807) is 0 Å². The summed E-state index contributed by atoms with van der Waals surface area (Å²) in [6.45, 7) is 1.35. The average molecular weight is 225 g/mol. The molecule has 0 amide bonds. The van der Waals surface area contributed by atoms with Gasteiger partial charge >= 0.3 is 0 Å². The maximum atomic E-state index is 5.70. The van der Waals surface area contributed by atoms with E-state index in [0.29, 0.717) is 6.61 Å². The number of benzene rings is 1. The zero-order chi connectivity index (χ0) is 10.5. The zero-order valence-corrected chi connectivity index (χ0v) is 9.06. The van der Waals surface area contributed by atoms with Crippen LogP contribution in [0.2, 0.25) is 0 Å². The van der Waals surface area contributed by atoms with Crippen molar-refractivity contribution in [2.45, 2.75) is 18.8 Å². The normalized spacial score (nSPS) is 21.8. The summed E-state index contributed by atoms with van der Waals surface area (Å²) in [6.07, 6.45) is 1.98. The fraction of sp³-hybridized carbons (Fsp3) is 0.333. The summed E-state index contributed by atoms with van der Waals surface area (Å²) in [6, 6.07) is 10.1. The maximum absolute atomic E-state index is 5.70. The lowest BCUT2D eigenvalue weighted by atomic mass is 10.2. The third-order valence-electron chi connectivity index (χ3n) is 2.27. The van der Waals surface area contributed by atoms with Gasteiger partial charge in [-0.25, -0.2) is 0 Å². The first-order valence-corrected chi connectivity index (χ1v) is 5.38. The molecule has 80 valence electrons. The van der Waals surface area contributed by atoms with Gasteiger partial charge in [0.05, 0.1) is 13.2 Å². The first-order chi connectivity index (χ1) is 7.40. The van der Waals surface area contributed by atoms with Crippen molar-refractivity contribution in [2.24, 2.45) is 0 Å². The van der Waals surface area contributed by atoms with Crippen molar-refractivity contribution in [1.82, 2.24) is 0 Å². The highest BCUT2D eigenvalue weighted by molar-refractivity contribution is 6.25. The summed E-state index contributed by atoms with van der Waals surface area (Å²) in [5, 5.41) is 0. The van der Waals surface area contributed by atoms with E-state index in [2.05, 4.69) is 0 Å². The Kier molecular flexibility index (Phi) is 3.78. The Labute approximate surface area is 94.5 Å². The van der Waals surface area contributed by atoms with Crippen LogP contribution in [-0.4, -0.2) is 18.8 Å². The lowest BCUT2D eigenvalue weighted by Crippen LogP contribution is -2.16. The molecule has 1 aliphatic rings. The SMILES string of the molecule is ClC=C[C@@H](OCc1ccccc1)[C@@H]1CO1. The van der Waals surface area contributed by atoms with E-state index in [1.165, 1.54) is 5.54 Å². The molecule has 1 heterocycles. The number of hydrogen-bond acceptors (Lipinski definition) is 2. The van der Waals surface area contributed by atoms with E-state index >= 15 is 0 Å². The molecule has 1 aromatic rings. The molecule has 0 N–H and O–H groups in total. The van der Waals surface area contributed by atoms with Crippen molar-refractivity contribution in [3.05, 3.63) is 47.5 Å². The molecular formula is C12H13ClO2. The third-order valence-corrected chi connectivity index (χ3v) is 2.42. The van der Waals surface area contributed by atoms with Crippen molar-refractivity contribution in [1.29, 1.82) is 0 Å². The van der Waals surface area contributed by atoms with Gasteiger partial charge in [0.2, 0.25) is 0 Å². The van der Waals surface area contributed by atoms with Crippen molar-refractivity contribution < 1.29 is 9.47 Å². The van der Waals surface area contributed by atoms with E-state index in [1.807, 2.05) is 36.4 Å². The standard InChI is InChI=1S/C12H13ClO2/c13-7-6-11(12-9-15-12)14-8-10-4-2-1-3-5-10/h1-7,11-12H,8-9H2/t11-,12+/m1/s1. The van der Waals surface area contributed by atoms with Crippen LogP contribution in [0.15, 0.2) is 41.9 Å². The maximum Gasteiger partial charge on any atom is 0.111 e. The molecule has 15 heavy (non-hydrogen) atoms. The van der Waals surface area contributed by atoms with Gasteiger partial charge in [-0.1, -0.05) is 41.9 Å². The van der Waals surface area contributed by atoms with Gasteiger partial charge in [0, 0.05) is 5.54 Å². The molecule has 1 fully saturated rings. The molecule has 2 atom stereocenters. The molecule has 0 aliphatic carbocycles. The fourth-order valence-electron chi connectivity index (χ4n) is 1.37. The van der Waals surface area contributed by atoms with Crippen molar-refractivity contribution in [3.8, 4) is 0 Å². The Morgan fingerprint density at radius 1 is 1.47 bits per heavy atom. The smallest absolute Gasteiger partial charge is 0.111 e. The molecule has 1 aliphatic heterocycles. The molecule has 2 rings (SSSR count). The average Bonchev–Trinajstić information content (AvgIpc) is 3.09. The van der Waals surface area contributed by atoms with E-state index in [4.69, 9.17) is 21.1 Å². The highest BCUT2D eigenvalue weighted by atomic mass is 35.5. The van der Waals surface area contributed by atoms with E-state index in [9.17, 15) is 0 Å². The molecule has 2 nitrogen and oxygen atoms in total. The Hall–Kier alpha value is -0.830. The predicted octanol–water partition coefficient (Wildman–Crippen LogP) is 2.72. The van der Waals surface area contributed by atoms with Gasteiger partial charge in [-0.2, -0.15) is 0 Å². The van der Waals surface area contributed by atoms with Crippen LogP contribution >= 0.6 is 11.6 Å². The van der Waals surface area contributed by atoms with Crippen molar-refractivity contribution in [3.63, 3.8) is 0 Å². The molecule has 1 saturated heterocycles. The Morgan fingerprint density at radius 3 is 2.80 bits per heavy atom. The highest BCUT2D eigenvalue weighted by Gasteiger charge is 2.31. The Morgan fingerprint density at radius 2 is 2.20 bits per heavy atom. The first-order valence-electron chi connectivity index (χ1n) is 4.94. The van der Waals surface area contributed by atoms with Crippen LogP contribution in [0.4, 0.5) is 0 Å². The monoisotopic (exact) mass is 224 g/mol. The largest absolute Gasteiger partial charge is 0.370 e. The molecule has 0 radical (unpaired) electrons. The van der Waals surface area contributed by atoms with E-state index < -0.39 is 0 Å². The van der Waals surface area contributed by atoms with E-state index in [0.717, 1.165) is 12.2 Å². The molecular weight excluding hydrogens is 212 g/mol. The second kappa shape index (κ2) is 5.31. The van der Waals surface area contributed by atoms with Crippen LogP contribution in [0, 0.1) is 0 Å². The van der Waals surface area contributed by atoms with Gasteiger partial charge in [-0.05, 0) is 11.6 Å². The molecule has 0 bridgehead atoms. The summed E-state index contributed by atoms with van der Waals surface area (Å²) >= 11 is 5.53. The number of ether oxygens (including phenoxy) is 2. The minimum Gasteiger partial charge on any atom is -0.370 e. The highest BCUT2D eigenvalue weighted by Crippen LogP contribution is 2.19. The summed E-state index contributed by atoms with van der Waals surface area (Å²) in [5.41, 5.74) is 2.64. The first kappa shape index (κ1) is 10.7. The summed E-state index contributed by atoms with van der Waals surface area (Å²) in [7, 11) is 0. The molecule has 0 spiro atoms. The van der Waals surface area contributed by atoms with Gasteiger partial charge in [0.25, 0.3) is 0 Å². The lowest BCUT2D eigenvalue weighted by molar-refractivity contribution is 0.0527. The summed E-state index contributed by atoms with van der Waals surface area (Å²) in [4.78, 5) is 0. The molecule has 3 heteroatoms. The van der Waals surface area contributed by atoms with Crippen molar-refractivity contribution >= 4 is 11.6 Å². The summed E-state index contributed by atoms with van der Waals surface area (Å²) < 4.78 is 10.9. The summed E-state index contributed by atoms with van der Waals surface area (Å²) in [5.74, 6) is 0. The number of halogens is 1. The number of epoxide rings is 1. The minimum atomic E-state index is -0.0253. The van der Waals surface area contributed by atoms with Crippen LogP contribution in [0.3, 0.4) is 0 Å². The molecule has 0 saturated carbocycles. The second-order valence-corrected chi connectivity index (χ2v) is 3.70. The Bertz CT molecular complexity index is 320. The van der Waals surface area contributed by atoms with Crippen LogP contribution in [0.5, 0.6) is 0 Å². The molecule has 0 unspecified atom stereocenters. The van der Waals surface area contributed by atoms with Gasteiger partial charge in [0.15, 0.2) is 0 Å². The topological polar surface area (TPSA) is 21.8 Å². The second-order valence-electron chi connectivity index (χ2n) is 3.45. The Balaban J connectivity index is 1.85. The van der Waals surface area contributed by atoms with Gasteiger partial charge < -0.3 is 9.47 Å². The van der Waals surface area contributed by atoms with Crippen LogP contribution in [0.25, 0.3) is 0 Å². The number of rotatable bonds is 5. The molecule has 1 aromatic carbocycles. The third kappa shape index (κ3) is 3.34.